The van der Waals surface area contributed by atoms with Gasteiger partial charge in [-0.2, -0.15) is 0 Å². The standard InChI is InChI=1S/C20H37NO15/c1-5-10(25)13(28)15(30)19(32-5)36-17-14(29)11(26)7(3-22)34-20(17)35-16-9(21-6(2)24)18(31)33-8(4-23)12(16)27/h5-31H,3-4H2,1-2H3/t5-,6-,7+,8+,9+,10+,11-,12+,13+,14-,15-,16+,17+,18+,19-,20-/m0/s1. The SMILES string of the molecule is C[C@H](O)N[C@@H]1[C@@H](O[C@@H]2O[C@H](CO)[C@H](O)[C@H](O)[C@H]2O[C@@H]2O[C@@H](C)[C@@H](O)[C@@H](O)[C@@H]2O)[C@H](O)[C@@H](CO)O[C@H]1O. The third-order valence-corrected chi connectivity index (χ3v) is 6.52. The average molecular weight is 532 g/mol. The Morgan fingerprint density at radius 1 is 0.694 bits per heavy atom. The molecule has 3 aliphatic rings. The van der Waals surface area contributed by atoms with Crippen molar-refractivity contribution in [3.63, 3.8) is 0 Å². The van der Waals surface area contributed by atoms with Crippen LogP contribution in [-0.4, -0.2) is 163 Å². The maximum atomic E-state index is 10.7. The zero-order valence-corrected chi connectivity index (χ0v) is 19.7. The maximum absolute atomic E-state index is 10.7. The molecule has 16 heteroatoms. The van der Waals surface area contributed by atoms with E-state index in [4.69, 9.17) is 23.7 Å². The Hall–Kier alpha value is -0.640. The summed E-state index contributed by atoms with van der Waals surface area (Å²) in [5.41, 5.74) is 0. The van der Waals surface area contributed by atoms with E-state index in [1.165, 1.54) is 13.8 Å². The number of hydrogen-bond acceptors (Lipinski definition) is 16. The molecule has 0 amide bonds. The van der Waals surface area contributed by atoms with Gasteiger partial charge in [-0.1, -0.05) is 0 Å². The summed E-state index contributed by atoms with van der Waals surface area (Å²) in [5.74, 6) is 0. The van der Waals surface area contributed by atoms with Crippen LogP contribution in [0.2, 0.25) is 0 Å². The molecule has 3 aliphatic heterocycles. The lowest BCUT2D eigenvalue weighted by atomic mass is 9.95. The highest BCUT2D eigenvalue weighted by Gasteiger charge is 2.53. The summed E-state index contributed by atoms with van der Waals surface area (Å²) < 4.78 is 27.5. The van der Waals surface area contributed by atoms with Crippen molar-refractivity contribution in [1.82, 2.24) is 5.32 Å². The minimum Gasteiger partial charge on any atom is -0.394 e. The van der Waals surface area contributed by atoms with E-state index >= 15 is 0 Å². The van der Waals surface area contributed by atoms with Crippen LogP contribution in [0, 0.1) is 0 Å². The van der Waals surface area contributed by atoms with Gasteiger partial charge in [-0.15, -0.1) is 0 Å². The summed E-state index contributed by atoms with van der Waals surface area (Å²) in [4.78, 5) is 0. The van der Waals surface area contributed by atoms with Gasteiger partial charge in [0, 0.05) is 0 Å². The molecular weight excluding hydrogens is 494 g/mol. The largest absolute Gasteiger partial charge is 0.394 e. The fourth-order valence-corrected chi connectivity index (χ4v) is 4.45. The Morgan fingerprint density at radius 2 is 1.28 bits per heavy atom. The zero-order valence-electron chi connectivity index (χ0n) is 19.7. The van der Waals surface area contributed by atoms with Crippen LogP contribution in [-0.2, 0) is 23.7 Å². The normalized spacial score (nSPS) is 51.2. The van der Waals surface area contributed by atoms with Crippen LogP contribution in [0.5, 0.6) is 0 Å². The van der Waals surface area contributed by atoms with E-state index in [0.29, 0.717) is 0 Å². The smallest absolute Gasteiger partial charge is 0.187 e. The molecule has 212 valence electrons. The second kappa shape index (κ2) is 12.5. The summed E-state index contributed by atoms with van der Waals surface area (Å²) in [7, 11) is 0. The van der Waals surface area contributed by atoms with Crippen molar-refractivity contribution in [1.29, 1.82) is 0 Å². The number of hydrogen-bond donors (Lipinski definition) is 11. The maximum Gasteiger partial charge on any atom is 0.187 e. The Balaban J connectivity index is 1.88. The summed E-state index contributed by atoms with van der Waals surface area (Å²) in [6, 6.07) is -1.29. The highest BCUT2D eigenvalue weighted by atomic mass is 16.8. The topological polar surface area (TPSA) is 260 Å². The Labute approximate surface area is 206 Å². The molecule has 0 aromatic rings. The van der Waals surface area contributed by atoms with Gasteiger partial charge in [-0.05, 0) is 13.8 Å². The first-order valence-corrected chi connectivity index (χ1v) is 11.6. The zero-order chi connectivity index (χ0) is 26.9. The van der Waals surface area contributed by atoms with Crippen LogP contribution in [0.3, 0.4) is 0 Å². The minimum atomic E-state index is -1.81. The molecule has 0 bridgehead atoms. The molecule has 3 fully saturated rings. The van der Waals surface area contributed by atoms with Gasteiger partial charge in [0.25, 0.3) is 0 Å². The first-order chi connectivity index (χ1) is 16.9. The number of aliphatic hydroxyl groups excluding tert-OH is 10. The van der Waals surface area contributed by atoms with Crippen molar-refractivity contribution < 1.29 is 74.7 Å². The van der Waals surface area contributed by atoms with E-state index in [-0.39, 0.29) is 0 Å². The molecule has 3 saturated heterocycles. The first kappa shape index (κ1) is 29.9. The summed E-state index contributed by atoms with van der Waals surface area (Å²) in [6.07, 6.45) is -23.1. The number of aliphatic hydroxyl groups is 10. The van der Waals surface area contributed by atoms with E-state index in [2.05, 4.69) is 5.32 Å². The monoisotopic (exact) mass is 531 g/mol. The molecular formula is C20H37NO15. The van der Waals surface area contributed by atoms with Gasteiger partial charge in [-0.25, -0.2) is 0 Å². The van der Waals surface area contributed by atoms with Gasteiger partial charge in [-0.3, -0.25) is 5.32 Å². The highest BCUT2D eigenvalue weighted by molar-refractivity contribution is 4.97. The Bertz CT molecular complexity index is 689. The molecule has 16 atom stereocenters. The average Bonchev–Trinajstić information content (AvgIpc) is 2.83. The molecule has 16 nitrogen and oxygen atoms in total. The second-order valence-electron chi connectivity index (χ2n) is 9.20. The number of nitrogens with one attached hydrogen (secondary N) is 1. The van der Waals surface area contributed by atoms with Gasteiger partial charge in [0.15, 0.2) is 18.9 Å². The Kier molecular flexibility index (Phi) is 10.4. The molecule has 0 spiro atoms. The third-order valence-electron chi connectivity index (χ3n) is 6.52. The van der Waals surface area contributed by atoms with Crippen LogP contribution in [0.4, 0.5) is 0 Å². The molecule has 0 aliphatic carbocycles. The predicted molar refractivity (Wildman–Crippen MR) is 112 cm³/mol. The predicted octanol–water partition coefficient (Wildman–Crippen LogP) is -6.61. The van der Waals surface area contributed by atoms with E-state index in [9.17, 15) is 51.1 Å². The third kappa shape index (κ3) is 6.15. The fourth-order valence-electron chi connectivity index (χ4n) is 4.45. The first-order valence-electron chi connectivity index (χ1n) is 11.6. The molecule has 3 heterocycles. The summed E-state index contributed by atoms with van der Waals surface area (Å²) in [6.45, 7) is 1.24. The summed E-state index contributed by atoms with van der Waals surface area (Å²) in [5, 5.41) is 104. The van der Waals surface area contributed by atoms with Crippen LogP contribution >= 0.6 is 0 Å². The van der Waals surface area contributed by atoms with Gasteiger partial charge in [0.1, 0.15) is 67.3 Å². The van der Waals surface area contributed by atoms with Crippen LogP contribution in [0.25, 0.3) is 0 Å². The number of ether oxygens (including phenoxy) is 5. The molecule has 3 rings (SSSR count). The molecule has 11 N–H and O–H groups in total. The van der Waals surface area contributed by atoms with Crippen molar-refractivity contribution in [2.24, 2.45) is 0 Å². The van der Waals surface area contributed by atoms with Crippen molar-refractivity contribution in [3.8, 4) is 0 Å². The fraction of sp³-hybridized carbons (Fsp3) is 1.00. The Morgan fingerprint density at radius 3 is 1.86 bits per heavy atom. The molecule has 0 aromatic carbocycles. The summed E-state index contributed by atoms with van der Waals surface area (Å²) >= 11 is 0. The molecule has 36 heavy (non-hydrogen) atoms. The molecule has 0 unspecified atom stereocenters. The lowest BCUT2D eigenvalue weighted by Crippen LogP contribution is -2.69. The minimum absolute atomic E-state index is 0.717. The van der Waals surface area contributed by atoms with E-state index in [1.54, 1.807) is 0 Å². The quantitative estimate of drug-likeness (QED) is 0.130. The van der Waals surface area contributed by atoms with Crippen molar-refractivity contribution in [2.75, 3.05) is 13.2 Å². The van der Waals surface area contributed by atoms with Crippen molar-refractivity contribution in [2.45, 2.75) is 112 Å². The van der Waals surface area contributed by atoms with Gasteiger partial charge in [0.2, 0.25) is 0 Å². The lowest BCUT2D eigenvalue weighted by molar-refractivity contribution is -0.380. The second-order valence-corrected chi connectivity index (χ2v) is 9.20. The van der Waals surface area contributed by atoms with E-state index in [0.717, 1.165) is 0 Å². The molecule has 0 aromatic heterocycles. The number of rotatable bonds is 8. The van der Waals surface area contributed by atoms with Crippen molar-refractivity contribution >= 4 is 0 Å². The van der Waals surface area contributed by atoms with E-state index < -0.39 is 111 Å². The van der Waals surface area contributed by atoms with Gasteiger partial charge >= 0.3 is 0 Å². The lowest BCUT2D eigenvalue weighted by Gasteiger charge is -2.49. The molecule has 0 saturated carbocycles. The highest BCUT2D eigenvalue weighted by Crippen LogP contribution is 2.32. The molecule has 0 radical (unpaired) electrons. The van der Waals surface area contributed by atoms with Gasteiger partial charge in [0.05, 0.1) is 25.4 Å². The van der Waals surface area contributed by atoms with Crippen LogP contribution < -0.4 is 5.32 Å². The van der Waals surface area contributed by atoms with E-state index in [1.807, 2.05) is 0 Å². The van der Waals surface area contributed by atoms with Gasteiger partial charge < -0.3 is 74.7 Å². The van der Waals surface area contributed by atoms with Crippen LogP contribution in [0.15, 0.2) is 0 Å². The van der Waals surface area contributed by atoms with Crippen molar-refractivity contribution in [3.05, 3.63) is 0 Å². The van der Waals surface area contributed by atoms with Crippen LogP contribution in [0.1, 0.15) is 13.8 Å².